The quantitative estimate of drug-likeness (QED) is 0.443. The third-order valence-electron chi connectivity index (χ3n) is 1.41. The summed E-state index contributed by atoms with van der Waals surface area (Å²) in [6, 6.07) is 0. The Morgan fingerprint density at radius 2 is 2.25 bits per heavy atom. The molecule has 6 heteroatoms. The number of nitrogen functional groups attached to an aromatic ring is 1. The lowest BCUT2D eigenvalue weighted by Crippen LogP contribution is -2.13. The van der Waals surface area contributed by atoms with Gasteiger partial charge in [-0.15, -0.1) is 0 Å². The van der Waals surface area contributed by atoms with Crippen LogP contribution in [0.4, 0.5) is 5.82 Å². The van der Waals surface area contributed by atoms with Crippen LogP contribution in [0.2, 0.25) is 0 Å². The summed E-state index contributed by atoms with van der Waals surface area (Å²) in [5, 5.41) is 0. The number of carbonyl (C=O) groups excluding carboxylic acids is 1. The SMILES string of the molecule is NCCc1nc(N)c(C(N)=O)[nH]1. The van der Waals surface area contributed by atoms with Gasteiger partial charge < -0.3 is 22.2 Å². The number of amides is 1. The van der Waals surface area contributed by atoms with Crippen molar-refractivity contribution in [3.8, 4) is 0 Å². The van der Waals surface area contributed by atoms with Gasteiger partial charge in [0.25, 0.3) is 5.91 Å². The molecule has 7 N–H and O–H groups in total. The summed E-state index contributed by atoms with van der Waals surface area (Å²) < 4.78 is 0. The summed E-state index contributed by atoms with van der Waals surface area (Å²) in [6.45, 7) is 0.450. The second-order valence-corrected chi connectivity index (χ2v) is 2.35. The highest BCUT2D eigenvalue weighted by atomic mass is 16.1. The van der Waals surface area contributed by atoms with E-state index in [2.05, 4.69) is 9.97 Å². The molecule has 0 aliphatic carbocycles. The van der Waals surface area contributed by atoms with Gasteiger partial charge in [0.15, 0.2) is 5.82 Å². The Morgan fingerprint density at radius 3 is 2.67 bits per heavy atom. The summed E-state index contributed by atoms with van der Waals surface area (Å²) in [5.74, 6) is 0.109. The molecule has 0 fully saturated rings. The van der Waals surface area contributed by atoms with E-state index in [-0.39, 0.29) is 11.5 Å². The first-order valence-corrected chi connectivity index (χ1v) is 3.49. The average Bonchev–Trinajstić information content (AvgIpc) is 2.32. The van der Waals surface area contributed by atoms with Gasteiger partial charge in [-0.1, -0.05) is 0 Å². The van der Waals surface area contributed by atoms with Gasteiger partial charge in [-0.3, -0.25) is 4.79 Å². The lowest BCUT2D eigenvalue weighted by atomic mass is 10.4. The molecule has 66 valence electrons. The molecule has 0 unspecified atom stereocenters. The first kappa shape index (κ1) is 8.54. The standard InChI is InChI=1S/C6H11N5O/c7-2-1-3-10-4(6(9)12)5(8)11-3/h1-2,7-8H2,(H2,9,12)(H,10,11). The van der Waals surface area contributed by atoms with Gasteiger partial charge in [0.05, 0.1) is 0 Å². The molecule has 0 radical (unpaired) electrons. The number of carbonyl (C=O) groups is 1. The van der Waals surface area contributed by atoms with E-state index >= 15 is 0 Å². The van der Waals surface area contributed by atoms with Crippen molar-refractivity contribution in [2.45, 2.75) is 6.42 Å². The maximum Gasteiger partial charge on any atom is 0.269 e. The van der Waals surface area contributed by atoms with Gasteiger partial charge >= 0.3 is 0 Å². The maximum atomic E-state index is 10.7. The Morgan fingerprint density at radius 1 is 1.58 bits per heavy atom. The van der Waals surface area contributed by atoms with Crippen LogP contribution in [0.1, 0.15) is 16.3 Å². The molecular weight excluding hydrogens is 158 g/mol. The first-order valence-electron chi connectivity index (χ1n) is 3.49. The molecule has 0 aliphatic heterocycles. The molecule has 0 saturated carbocycles. The number of aromatic nitrogens is 2. The molecule has 0 bridgehead atoms. The zero-order valence-electron chi connectivity index (χ0n) is 6.50. The number of hydrogen-bond donors (Lipinski definition) is 4. The van der Waals surface area contributed by atoms with E-state index in [1.807, 2.05) is 0 Å². The van der Waals surface area contributed by atoms with Crippen LogP contribution in [0.5, 0.6) is 0 Å². The van der Waals surface area contributed by atoms with E-state index in [0.717, 1.165) is 0 Å². The molecule has 6 nitrogen and oxygen atoms in total. The number of aromatic amines is 1. The highest BCUT2D eigenvalue weighted by Crippen LogP contribution is 2.06. The van der Waals surface area contributed by atoms with Crippen molar-refractivity contribution in [2.75, 3.05) is 12.3 Å². The normalized spacial score (nSPS) is 10.1. The Labute approximate surface area is 69.1 Å². The maximum absolute atomic E-state index is 10.7. The minimum atomic E-state index is -0.608. The van der Waals surface area contributed by atoms with E-state index in [1.54, 1.807) is 0 Å². The summed E-state index contributed by atoms with van der Waals surface area (Å²) in [4.78, 5) is 17.2. The molecule has 0 saturated heterocycles. The van der Waals surface area contributed by atoms with Crippen LogP contribution in [0, 0.1) is 0 Å². The van der Waals surface area contributed by atoms with Gasteiger partial charge in [0, 0.05) is 6.42 Å². The van der Waals surface area contributed by atoms with Crippen LogP contribution in [-0.4, -0.2) is 22.4 Å². The Bertz CT molecular complexity index is 292. The van der Waals surface area contributed by atoms with Crippen molar-refractivity contribution in [2.24, 2.45) is 11.5 Å². The van der Waals surface area contributed by atoms with Crippen molar-refractivity contribution in [1.82, 2.24) is 9.97 Å². The van der Waals surface area contributed by atoms with E-state index in [4.69, 9.17) is 17.2 Å². The lowest BCUT2D eigenvalue weighted by molar-refractivity contribution is 0.0997. The Balaban J connectivity index is 2.92. The molecule has 1 rings (SSSR count). The molecule has 1 heterocycles. The zero-order valence-corrected chi connectivity index (χ0v) is 6.50. The van der Waals surface area contributed by atoms with Crippen LogP contribution >= 0.6 is 0 Å². The highest BCUT2D eigenvalue weighted by Gasteiger charge is 2.10. The number of imidazole rings is 1. The number of nitrogens with zero attached hydrogens (tertiary/aromatic N) is 1. The molecule has 1 amide bonds. The summed E-state index contributed by atoms with van der Waals surface area (Å²) >= 11 is 0. The van der Waals surface area contributed by atoms with E-state index in [1.165, 1.54) is 0 Å². The number of hydrogen-bond acceptors (Lipinski definition) is 4. The van der Waals surface area contributed by atoms with Crippen molar-refractivity contribution >= 4 is 11.7 Å². The lowest BCUT2D eigenvalue weighted by Gasteiger charge is -1.89. The van der Waals surface area contributed by atoms with Gasteiger partial charge in [0.1, 0.15) is 11.5 Å². The number of nitrogens with two attached hydrogens (primary N) is 3. The number of anilines is 1. The van der Waals surface area contributed by atoms with Crippen LogP contribution in [-0.2, 0) is 6.42 Å². The van der Waals surface area contributed by atoms with Gasteiger partial charge in [0.2, 0.25) is 0 Å². The van der Waals surface area contributed by atoms with E-state index in [0.29, 0.717) is 18.8 Å². The molecule has 1 aromatic rings. The molecule has 12 heavy (non-hydrogen) atoms. The predicted molar refractivity (Wildman–Crippen MR) is 44.3 cm³/mol. The number of H-pyrrole nitrogens is 1. The topological polar surface area (TPSA) is 124 Å². The molecular formula is C6H11N5O. The van der Waals surface area contributed by atoms with Crippen LogP contribution < -0.4 is 17.2 Å². The van der Waals surface area contributed by atoms with Crippen LogP contribution in [0.3, 0.4) is 0 Å². The van der Waals surface area contributed by atoms with Crippen molar-refractivity contribution in [1.29, 1.82) is 0 Å². The molecule has 1 aromatic heterocycles. The van der Waals surface area contributed by atoms with Gasteiger partial charge in [-0.25, -0.2) is 4.98 Å². The molecule has 0 aliphatic rings. The average molecular weight is 169 g/mol. The monoisotopic (exact) mass is 169 g/mol. The van der Waals surface area contributed by atoms with E-state index in [9.17, 15) is 4.79 Å². The first-order chi connectivity index (χ1) is 5.65. The fourth-order valence-electron chi connectivity index (χ4n) is 0.881. The third kappa shape index (κ3) is 1.54. The highest BCUT2D eigenvalue weighted by molar-refractivity contribution is 5.95. The molecule has 0 aromatic carbocycles. The smallest absolute Gasteiger partial charge is 0.269 e. The van der Waals surface area contributed by atoms with Crippen molar-refractivity contribution < 1.29 is 4.79 Å². The fourth-order valence-corrected chi connectivity index (χ4v) is 0.881. The Hall–Kier alpha value is -1.56. The van der Waals surface area contributed by atoms with Crippen molar-refractivity contribution in [3.63, 3.8) is 0 Å². The zero-order chi connectivity index (χ0) is 9.14. The molecule has 0 spiro atoms. The Kier molecular flexibility index (Phi) is 2.29. The summed E-state index contributed by atoms with van der Waals surface area (Å²) in [7, 11) is 0. The van der Waals surface area contributed by atoms with Gasteiger partial charge in [-0.05, 0) is 6.54 Å². The number of rotatable bonds is 3. The predicted octanol–water partition coefficient (Wildman–Crippen LogP) is -1.41. The largest absolute Gasteiger partial charge is 0.382 e. The third-order valence-corrected chi connectivity index (χ3v) is 1.41. The fraction of sp³-hybridized carbons (Fsp3) is 0.333. The van der Waals surface area contributed by atoms with Crippen LogP contribution in [0.25, 0.3) is 0 Å². The minimum absolute atomic E-state index is 0.131. The van der Waals surface area contributed by atoms with Crippen LogP contribution in [0.15, 0.2) is 0 Å². The minimum Gasteiger partial charge on any atom is -0.382 e. The second-order valence-electron chi connectivity index (χ2n) is 2.35. The van der Waals surface area contributed by atoms with E-state index < -0.39 is 5.91 Å². The number of nitrogens with one attached hydrogen (secondary N) is 1. The second kappa shape index (κ2) is 3.22. The number of primary amides is 1. The van der Waals surface area contributed by atoms with Gasteiger partial charge in [-0.2, -0.15) is 0 Å². The van der Waals surface area contributed by atoms with Crippen molar-refractivity contribution in [3.05, 3.63) is 11.5 Å². The summed E-state index contributed by atoms with van der Waals surface area (Å²) in [5.41, 5.74) is 15.8. The summed E-state index contributed by atoms with van der Waals surface area (Å²) in [6.07, 6.45) is 0.553. The molecule has 0 atom stereocenters.